The molecule has 3 nitrogen and oxygen atoms in total. The van der Waals surface area contributed by atoms with Gasteiger partial charge in [0.1, 0.15) is 6.10 Å². The molecule has 0 saturated carbocycles. The maximum Gasteiger partial charge on any atom is 0.506 e. The fourth-order valence-electron chi connectivity index (χ4n) is 1.81. The standard InChI is InChI=1S/C14H20O3/c1-12(17-14(15)16)8-4-2-5-9-13-10-6-3-7-11-13/h3,6-7,10-12H,2,4-5,8-9H2,1H3,(H,15,16). The Morgan fingerprint density at radius 3 is 2.59 bits per heavy atom. The molecule has 0 spiro atoms. The van der Waals surface area contributed by atoms with Gasteiger partial charge in [0.25, 0.3) is 0 Å². The van der Waals surface area contributed by atoms with E-state index in [9.17, 15) is 4.79 Å². The third-order valence-electron chi connectivity index (χ3n) is 2.72. The van der Waals surface area contributed by atoms with Crippen molar-refractivity contribution >= 4 is 6.16 Å². The van der Waals surface area contributed by atoms with Crippen LogP contribution < -0.4 is 0 Å². The molecule has 0 amide bonds. The van der Waals surface area contributed by atoms with Crippen LogP contribution in [0.2, 0.25) is 0 Å². The summed E-state index contributed by atoms with van der Waals surface area (Å²) in [6, 6.07) is 10.4. The number of rotatable bonds is 7. The van der Waals surface area contributed by atoms with E-state index in [0.29, 0.717) is 0 Å². The molecule has 1 unspecified atom stereocenters. The van der Waals surface area contributed by atoms with Crippen LogP contribution in [0, 0.1) is 0 Å². The number of aryl methyl sites for hydroxylation is 1. The second-order valence-electron chi connectivity index (χ2n) is 4.28. The van der Waals surface area contributed by atoms with Gasteiger partial charge < -0.3 is 9.84 Å². The minimum absolute atomic E-state index is 0.191. The van der Waals surface area contributed by atoms with Crippen LogP contribution in [0.25, 0.3) is 0 Å². The van der Waals surface area contributed by atoms with Crippen LogP contribution >= 0.6 is 0 Å². The van der Waals surface area contributed by atoms with Crippen LogP contribution in [0.3, 0.4) is 0 Å². The van der Waals surface area contributed by atoms with Crippen LogP contribution in [0.1, 0.15) is 38.2 Å². The van der Waals surface area contributed by atoms with Gasteiger partial charge in [-0.05, 0) is 38.2 Å². The number of carbonyl (C=O) groups is 1. The van der Waals surface area contributed by atoms with Crippen molar-refractivity contribution in [2.75, 3.05) is 0 Å². The second-order valence-corrected chi connectivity index (χ2v) is 4.28. The number of carboxylic acid groups (broad SMARTS) is 1. The van der Waals surface area contributed by atoms with Crippen molar-refractivity contribution in [3.63, 3.8) is 0 Å². The molecular weight excluding hydrogens is 216 g/mol. The molecule has 0 aromatic heterocycles. The highest BCUT2D eigenvalue weighted by molar-refractivity contribution is 5.56. The lowest BCUT2D eigenvalue weighted by atomic mass is 10.1. The summed E-state index contributed by atoms with van der Waals surface area (Å²) in [7, 11) is 0. The van der Waals surface area contributed by atoms with E-state index in [-0.39, 0.29) is 6.10 Å². The molecule has 0 aliphatic heterocycles. The van der Waals surface area contributed by atoms with Gasteiger partial charge in [-0.3, -0.25) is 0 Å². The van der Waals surface area contributed by atoms with E-state index in [1.807, 2.05) is 6.07 Å². The molecule has 94 valence electrons. The van der Waals surface area contributed by atoms with Crippen molar-refractivity contribution in [2.24, 2.45) is 0 Å². The molecule has 0 aliphatic rings. The van der Waals surface area contributed by atoms with Crippen molar-refractivity contribution in [3.05, 3.63) is 35.9 Å². The number of hydrogen-bond donors (Lipinski definition) is 1. The lowest BCUT2D eigenvalue weighted by Crippen LogP contribution is -2.12. The van der Waals surface area contributed by atoms with Crippen molar-refractivity contribution in [1.29, 1.82) is 0 Å². The molecular formula is C14H20O3. The molecule has 1 N–H and O–H groups in total. The molecule has 0 saturated heterocycles. The first-order valence-corrected chi connectivity index (χ1v) is 6.12. The Morgan fingerprint density at radius 1 is 1.24 bits per heavy atom. The van der Waals surface area contributed by atoms with E-state index in [0.717, 1.165) is 32.1 Å². The van der Waals surface area contributed by atoms with Crippen molar-refractivity contribution in [1.82, 2.24) is 0 Å². The molecule has 1 aromatic rings. The van der Waals surface area contributed by atoms with E-state index in [1.165, 1.54) is 5.56 Å². The molecule has 0 fully saturated rings. The summed E-state index contributed by atoms with van der Waals surface area (Å²) in [5.41, 5.74) is 1.36. The molecule has 1 atom stereocenters. The van der Waals surface area contributed by atoms with Crippen LogP contribution in [-0.2, 0) is 11.2 Å². The van der Waals surface area contributed by atoms with Crippen molar-refractivity contribution in [3.8, 4) is 0 Å². The normalized spacial score (nSPS) is 12.1. The monoisotopic (exact) mass is 236 g/mol. The summed E-state index contributed by atoms with van der Waals surface area (Å²) < 4.78 is 4.63. The lowest BCUT2D eigenvalue weighted by molar-refractivity contribution is 0.0548. The van der Waals surface area contributed by atoms with Crippen LogP contribution in [0.15, 0.2) is 30.3 Å². The van der Waals surface area contributed by atoms with E-state index >= 15 is 0 Å². The Labute approximate surface area is 102 Å². The van der Waals surface area contributed by atoms with Gasteiger partial charge in [-0.2, -0.15) is 0 Å². The smallest absolute Gasteiger partial charge is 0.450 e. The molecule has 1 rings (SSSR count). The highest BCUT2D eigenvalue weighted by Gasteiger charge is 2.06. The minimum Gasteiger partial charge on any atom is -0.450 e. The first-order valence-electron chi connectivity index (χ1n) is 6.12. The average Bonchev–Trinajstić information content (AvgIpc) is 2.29. The summed E-state index contributed by atoms with van der Waals surface area (Å²) in [4.78, 5) is 10.3. The van der Waals surface area contributed by atoms with Gasteiger partial charge in [-0.15, -0.1) is 0 Å². The van der Waals surface area contributed by atoms with Crippen LogP contribution in [-0.4, -0.2) is 17.4 Å². The predicted octanol–water partition coefficient (Wildman–Crippen LogP) is 3.87. The van der Waals surface area contributed by atoms with Gasteiger partial charge in [-0.25, -0.2) is 4.79 Å². The molecule has 1 aromatic carbocycles. The Bertz CT molecular complexity index is 321. The summed E-state index contributed by atoms with van der Waals surface area (Å²) in [6.07, 6.45) is 3.80. The zero-order chi connectivity index (χ0) is 12.5. The SMILES string of the molecule is CC(CCCCCc1ccccc1)OC(=O)O. The third-order valence-corrected chi connectivity index (χ3v) is 2.72. The van der Waals surface area contributed by atoms with Gasteiger partial charge in [0.05, 0.1) is 0 Å². The van der Waals surface area contributed by atoms with E-state index in [4.69, 9.17) is 5.11 Å². The van der Waals surface area contributed by atoms with Crippen LogP contribution in [0.5, 0.6) is 0 Å². The van der Waals surface area contributed by atoms with E-state index in [1.54, 1.807) is 6.92 Å². The molecule has 0 radical (unpaired) electrons. The highest BCUT2D eigenvalue weighted by Crippen LogP contribution is 2.10. The maximum atomic E-state index is 10.3. The van der Waals surface area contributed by atoms with Gasteiger partial charge in [0.2, 0.25) is 0 Å². The Balaban J connectivity index is 2.03. The quantitative estimate of drug-likeness (QED) is 0.577. The minimum atomic E-state index is -1.18. The highest BCUT2D eigenvalue weighted by atomic mass is 16.7. The summed E-state index contributed by atoms with van der Waals surface area (Å²) in [6.45, 7) is 1.80. The number of hydrogen-bond acceptors (Lipinski definition) is 2. The molecule has 17 heavy (non-hydrogen) atoms. The lowest BCUT2D eigenvalue weighted by Gasteiger charge is -2.09. The maximum absolute atomic E-state index is 10.3. The van der Waals surface area contributed by atoms with Gasteiger partial charge in [0.15, 0.2) is 0 Å². The second kappa shape index (κ2) is 7.71. The largest absolute Gasteiger partial charge is 0.506 e. The fraction of sp³-hybridized carbons (Fsp3) is 0.500. The zero-order valence-electron chi connectivity index (χ0n) is 10.3. The van der Waals surface area contributed by atoms with Gasteiger partial charge >= 0.3 is 6.16 Å². The number of unbranched alkanes of at least 4 members (excludes halogenated alkanes) is 2. The summed E-state index contributed by atoms with van der Waals surface area (Å²) in [5.74, 6) is 0. The Kier molecular flexibility index (Phi) is 6.15. The van der Waals surface area contributed by atoms with Gasteiger partial charge in [-0.1, -0.05) is 36.8 Å². The first-order chi connectivity index (χ1) is 8.18. The average molecular weight is 236 g/mol. The van der Waals surface area contributed by atoms with Crippen molar-refractivity contribution in [2.45, 2.75) is 45.1 Å². The third kappa shape index (κ3) is 6.61. The first kappa shape index (κ1) is 13.6. The summed E-state index contributed by atoms with van der Waals surface area (Å²) in [5, 5.41) is 8.41. The number of benzene rings is 1. The Hall–Kier alpha value is -1.51. The fourth-order valence-corrected chi connectivity index (χ4v) is 1.81. The van der Waals surface area contributed by atoms with E-state index in [2.05, 4.69) is 29.0 Å². The van der Waals surface area contributed by atoms with Crippen LogP contribution in [0.4, 0.5) is 4.79 Å². The molecule has 3 heteroatoms. The molecule has 0 bridgehead atoms. The van der Waals surface area contributed by atoms with E-state index < -0.39 is 6.16 Å². The Morgan fingerprint density at radius 2 is 1.94 bits per heavy atom. The molecule has 0 aliphatic carbocycles. The number of ether oxygens (including phenoxy) is 1. The zero-order valence-corrected chi connectivity index (χ0v) is 10.3. The summed E-state index contributed by atoms with van der Waals surface area (Å²) >= 11 is 0. The van der Waals surface area contributed by atoms with Crippen molar-refractivity contribution < 1.29 is 14.6 Å². The van der Waals surface area contributed by atoms with Gasteiger partial charge in [0, 0.05) is 0 Å². The predicted molar refractivity (Wildman–Crippen MR) is 67.2 cm³/mol. The molecule has 0 heterocycles. The topological polar surface area (TPSA) is 46.5 Å².